The summed E-state index contributed by atoms with van der Waals surface area (Å²) in [5.74, 6) is 1.31. The van der Waals surface area contributed by atoms with Crippen LogP contribution >= 0.6 is 31.9 Å². The zero-order chi connectivity index (χ0) is 46.0. The Labute approximate surface area is 413 Å². The van der Waals surface area contributed by atoms with Crippen LogP contribution in [0.5, 0.6) is 11.8 Å². The molecular weight excluding hydrogens is 1020 g/mol. The minimum atomic E-state index is -0.262. The van der Waals surface area contributed by atoms with Crippen LogP contribution < -0.4 is 14.0 Å². The standard InChI is InChI=1S/C26H25Br2N2O2.C26H28N2O2.Co.Ni/c1-15(2)18-12-9-13-19(16(3)4)24(18)29-14-20(31)22-21(17-10-7-6-8-11-17)26(32-5)30-25(28)23(22)27;1-17(2)20-12-9-13-21(18(3)4)25(20)27-16-24(29)22-14-15-23(28-26(22)30-5)19-10-7-6-8-11-19;;/h6-10,12-16H,1-5H3;6-18H,1-5H3;;. The van der Waals surface area contributed by atoms with Crippen molar-refractivity contribution in [1.29, 1.82) is 0 Å². The third-order valence-electron chi connectivity index (χ3n) is 10.3. The van der Waals surface area contributed by atoms with E-state index in [0.717, 1.165) is 50.4 Å². The molecule has 12 heteroatoms. The number of methoxy groups -OCH3 is 2. The zero-order valence-corrected chi connectivity index (χ0v) is 42.8. The maximum Gasteiger partial charge on any atom is 0 e. The van der Waals surface area contributed by atoms with Crippen molar-refractivity contribution in [3.63, 3.8) is 0 Å². The molecule has 0 fully saturated rings. The maximum atomic E-state index is 13.6. The van der Waals surface area contributed by atoms with E-state index in [1.165, 1.54) is 26.6 Å². The van der Waals surface area contributed by atoms with Gasteiger partial charge in [-0.05, 0) is 35.1 Å². The number of ether oxygens (including phenoxy) is 2. The zero-order valence-electron chi connectivity index (χ0n) is 37.6. The normalized spacial score (nSPS) is 11.3. The number of benzene rings is 4. The van der Waals surface area contributed by atoms with Gasteiger partial charge in [-0.25, -0.2) is 4.98 Å². The van der Waals surface area contributed by atoms with Crippen molar-refractivity contribution in [3.8, 4) is 34.1 Å². The molecule has 8 nitrogen and oxygen atoms in total. The summed E-state index contributed by atoms with van der Waals surface area (Å²) in [4.78, 5) is 44.9. The Hall–Kier alpha value is -4.58. The summed E-state index contributed by atoms with van der Waals surface area (Å²) >= 11 is 11.6. The molecule has 6 aromatic rings. The van der Waals surface area contributed by atoms with Crippen LogP contribution in [0.1, 0.15) is 122 Å². The molecule has 64 heavy (non-hydrogen) atoms. The average molecular weight is 1080 g/mol. The number of carbonyl (C=O) groups is 2. The predicted octanol–water partition coefficient (Wildman–Crippen LogP) is 13.9. The fourth-order valence-electron chi connectivity index (χ4n) is 7.05. The van der Waals surface area contributed by atoms with Gasteiger partial charge in [0, 0.05) is 22.1 Å². The molecular formula is C52H53Br2CoN4NiO4. The Morgan fingerprint density at radius 2 is 1.06 bits per heavy atom. The van der Waals surface area contributed by atoms with Crippen molar-refractivity contribution in [3.05, 3.63) is 146 Å². The number of aliphatic imine (C=N–C) groups is 2. The van der Waals surface area contributed by atoms with Crippen LogP contribution in [-0.4, -0.2) is 48.2 Å². The molecule has 2 aromatic heterocycles. The monoisotopic (exact) mass is 1070 g/mol. The number of nitrogens with zero attached hydrogens (tertiary/aromatic N) is 4. The summed E-state index contributed by atoms with van der Waals surface area (Å²) in [6, 6.07) is 33.3. The molecule has 0 atom stereocenters. The topological polar surface area (TPSA) is 103 Å². The number of ketones is 2. The summed E-state index contributed by atoms with van der Waals surface area (Å²) in [6.45, 7) is 17.1. The molecule has 0 N–H and O–H groups in total. The first-order valence-electron chi connectivity index (χ1n) is 20.8. The summed E-state index contributed by atoms with van der Waals surface area (Å²) in [7, 11) is 3.05. The van der Waals surface area contributed by atoms with Gasteiger partial charge < -0.3 is 4.74 Å². The number of aromatic nitrogens is 2. The summed E-state index contributed by atoms with van der Waals surface area (Å²) in [5.41, 5.74) is 10.1. The molecule has 0 saturated heterocycles. The predicted molar refractivity (Wildman–Crippen MR) is 262 cm³/mol. The Bertz CT molecular complexity index is 2600. The molecule has 0 spiro atoms. The number of pyridine rings is 2. The number of rotatable bonds is 14. The van der Waals surface area contributed by atoms with Gasteiger partial charge in [-0.3, -0.25) is 9.79 Å². The first-order valence-corrected chi connectivity index (χ1v) is 22.9. The molecule has 0 aliphatic heterocycles. The van der Waals surface area contributed by atoms with E-state index in [2.05, 4.69) is 154 Å². The van der Waals surface area contributed by atoms with E-state index in [0.29, 0.717) is 53.9 Å². The van der Waals surface area contributed by atoms with Crippen molar-refractivity contribution < 1.29 is 51.3 Å². The molecule has 6 rings (SSSR count). The second-order valence-corrected chi connectivity index (χ2v) is 18.1. The molecule has 338 valence electrons. The summed E-state index contributed by atoms with van der Waals surface area (Å²) in [6.07, 6.45) is 2.78. The van der Waals surface area contributed by atoms with Crippen LogP contribution in [0.25, 0.3) is 22.4 Å². The Kier molecular flexibility index (Phi) is 19.6. The number of hydrogen-bond acceptors (Lipinski definition) is 8. The van der Waals surface area contributed by atoms with Crippen molar-refractivity contribution in [2.24, 2.45) is 9.98 Å². The van der Waals surface area contributed by atoms with Gasteiger partial charge in [-0.15, -0.1) is 0 Å². The quantitative estimate of drug-likeness (QED) is 0.0466. The van der Waals surface area contributed by atoms with Gasteiger partial charge in [0.05, 0.1) is 30.3 Å². The van der Waals surface area contributed by atoms with Crippen molar-refractivity contribution in [2.45, 2.75) is 79.1 Å². The van der Waals surface area contributed by atoms with E-state index in [9.17, 15) is 9.59 Å². The molecule has 0 bridgehead atoms. The van der Waals surface area contributed by atoms with Gasteiger partial charge in [-0.2, -0.15) is 0 Å². The van der Waals surface area contributed by atoms with Crippen LogP contribution in [0.2, 0.25) is 0 Å². The van der Waals surface area contributed by atoms with E-state index in [1.54, 1.807) is 6.07 Å². The van der Waals surface area contributed by atoms with Crippen LogP contribution in [0.4, 0.5) is 11.4 Å². The van der Waals surface area contributed by atoms with Gasteiger partial charge in [0.25, 0.3) is 0 Å². The van der Waals surface area contributed by atoms with Crippen LogP contribution in [0, 0.1) is 0 Å². The molecule has 0 saturated carbocycles. The summed E-state index contributed by atoms with van der Waals surface area (Å²) in [5, 5.41) is 0. The van der Waals surface area contributed by atoms with E-state index >= 15 is 0 Å². The smallest absolute Gasteiger partial charge is 0 e. The first-order chi connectivity index (χ1) is 30.1. The number of halogens is 2. The number of Topliss-reactive ketones (excluding diaryl/α,β-unsaturated/α-hetero) is 2. The largest absolute Gasteiger partial charge is 0 e. The van der Waals surface area contributed by atoms with Gasteiger partial charge >= 0.3 is 221 Å². The second-order valence-electron chi connectivity index (χ2n) is 16.0. The minimum absolute atomic E-state index is 0. The maximum absolute atomic E-state index is 13.6. The number of para-hydroxylation sites is 2. The molecule has 0 aliphatic rings. The first kappa shape index (κ1) is 52.0. The van der Waals surface area contributed by atoms with E-state index in [4.69, 9.17) is 14.5 Å². The van der Waals surface area contributed by atoms with Crippen LogP contribution in [-0.2, 0) is 32.2 Å². The fourth-order valence-corrected chi connectivity index (χ4v) is 8.21. The van der Waals surface area contributed by atoms with Crippen LogP contribution in [0.15, 0.2) is 122 Å². The molecule has 0 aliphatic carbocycles. The molecule has 0 radical (unpaired) electrons. The SMILES string of the molecule is COc1nc(-c2ccccc2)ccc1C(=O)C=Nc1c(C(C)C)cccc1C(C)C.COc1nc(Br)c(Br)c(C(=O)C=Nc2c(C(C)C)cccc2C(C)C)c1-c1cccc[c]1[Co].[Ni]. The van der Waals surface area contributed by atoms with Gasteiger partial charge in [-0.1, -0.05) is 76.2 Å². The van der Waals surface area contributed by atoms with Crippen molar-refractivity contribution >= 4 is 71.7 Å². The third-order valence-corrected chi connectivity index (χ3v) is 12.7. The molecule has 0 unspecified atom stereocenters. The van der Waals surface area contributed by atoms with Gasteiger partial charge in [0.15, 0.2) is 0 Å². The van der Waals surface area contributed by atoms with E-state index in [1.807, 2.05) is 60.7 Å². The number of carbonyl (C=O) groups excluding carboxylic acids is 2. The average Bonchev–Trinajstić information content (AvgIpc) is 3.28. The third kappa shape index (κ3) is 12.4. The van der Waals surface area contributed by atoms with Crippen LogP contribution in [0.3, 0.4) is 0 Å². The molecule has 0 amide bonds. The second kappa shape index (κ2) is 24.1. The van der Waals surface area contributed by atoms with Crippen molar-refractivity contribution in [2.75, 3.05) is 14.2 Å². The van der Waals surface area contributed by atoms with E-state index < -0.39 is 0 Å². The van der Waals surface area contributed by atoms with Gasteiger partial charge in [0.2, 0.25) is 11.7 Å². The Morgan fingerprint density at radius 1 is 0.594 bits per heavy atom. The molecule has 2 heterocycles. The Morgan fingerprint density at radius 3 is 1.53 bits per heavy atom. The van der Waals surface area contributed by atoms with Crippen molar-refractivity contribution in [1.82, 2.24) is 9.97 Å². The molecule has 4 aromatic carbocycles. The van der Waals surface area contributed by atoms with E-state index in [-0.39, 0.29) is 39.9 Å². The summed E-state index contributed by atoms with van der Waals surface area (Å²) < 4.78 is 12.7. The number of hydrogen-bond donors (Lipinski definition) is 0. The van der Waals surface area contributed by atoms with Gasteiger partial charge in [0.1, 0.15) is 0 Å². The fraction of sp³-hybridized carbons (Fsp3) is 0.269. The minimum Gasteiger partial charge on any atom is 0 e. The Balaban J connectivity index is 0.000000277.